The molecule has 0 radical (unpaired) electrons. The molecule has 0 unspecified atom stereocenters. The highest BCUT2D eigenvalue weighted by molar-refractivity contribution is 7.10. The minimum absolute atomic E-state index is 0.174. The lowest BCUT2D eigenvalue weighted by Crippen LogP contribution is -2.15. The fourth-order valence-electron chi connectivity index (χ4n) is 3.08. The highest BCUT2D eigenvalue weighted by Gasteiger charge is 2.48. The molecule has 0 aliphatic heterocycles. The summed E-state index contributed by atoms with van der Waals surface area (Å²) < 4.78 is 43.7. The van der Waals surface area contributed by atoms with Crippen molar-refractivity contribution in [2.45, 2.75) is 18.5 Å². The van der Waals surface area contributed by atoms with Crippen LogP contribution in [0.25, 0.3) is 11.4 Å². The van der Waals surface area contributed by atoms with E-state index in [4.69, 9.17) is 0 Å². The average molecular weight is 389 g/mol. The van der Waals surface area contributed by atoms with Crippen LogP contribution < -0.4 is 5.32 Å². The van der Waals surface area contributed by atoms with Gasteiger partial charge >= 0.3 is 6.18 Å². The average Bonchev–Trinajstić information content (AvgIpc) is 3.33. The molecule has 4 nitrogen and oxygen atoms in total. The van der Waals surface area contributed by atoms with Crippen molar-refractivity contribution in [3.8, 4) is 11.4 Å². The first-order chi connectivity index (χ1) is 12.9. The number of nitrogens with zero attached hydrogens (tertiary/aromatic N) is 2. The molecule has 1 saturated carbocycles. The van der Waals surface area contributed by atoms with Crippen molar-refractivity contribution < 1.29 is 18.0 Å². The number of aromatic nitrogens is 2. The van der Waals surface area contributed by atoms with Crippen LogP contribution in [0.2, 0.25) is 0 Å². The summed E-state index contributed by atoms with van der Waals surface area (Å²) in [6.45, 7) is 0. The molecule has 1 amide bonds. The van der Waals surface area contributed by atoms with E-state index in [2.05, 4.69) is 14.7 Å². The van der Waals surface area contributed by atoms with Crippen LogP contribution in [-0.4, -0.2) is 15.3 Å². The van der Waals surface area contributed by atoms with Crippen molar-refractivity contribution in [1.82, 2.24) is 9.36 Å². The maximum absolute atomic E-state index is 13.2. The number of alkyl halides is 3. The van der Waals surface area contributed by atoms with Crippen LogP contribution in [0.3, 0.4) is 0 Å². The predicted octanol–water partition coefficient (Wildman–Crippen LogP) is 4.97. The number of nitrogens with one attached hydrogen (secondary N) is 1. The topological polar surface area (TPSA) is 54.9 Å². The third-order valence-corrected chi connectivity index (χ3v) is 5.11. The predicted molar refractivity (Wildman–Crippen MR) is 96.3 cm³/mol. The number of carbonyl (C=O) groups is 1. The number of benzene rings is 2. The minimum atomic E-state index is -4.43. The third-order valence-electron chi connectivity index (χ3n) is 4.48. The molecule has 1 aliphatic carbocycles. The van der Waals surface area contributed by atoms with Gasteiger partial charge in [0.2, 0.25) is 11.0 Å². The number of carbonyl (C=O) groups excluding carboxylic acids is 1. The number of halogens is 3. The van der Waals surface area contributed by atoms with Gasteiger partial charge in [0.15, 0.2) is 5.82 Å². The Labute approximate surface area is 157 Å². The Morgan fingerprint density at radius 1 is 1.07 bits per heavy atom. The Balaban J connectivity index is 1.45. The van der Waals surface area contributed by atoms with Gasteiger partial charge in [-0.3, -0.25) is 4.79 Å². The molecule has 27 heavy (non-hydrogen) atoms. The van der Waals surface area contributed by atoms with E-state index in [9.17, 15) is 18.0 Å². The minimum Gasteiger partial charge on any atom is -0.300 e. The van der Waals surface area contributed by atoms with E-state index in [1.165, 1.54) is 12.1 Å². The molecule has 4 rings (SSSR count). The van der Waals surface area contributed by atoms with Gasteiger partial charge in [0, 0.05) is 23.0 Å². The molecule has 2 aromatic carbocycles. The molecule has 8 heteroatoms. The summed E-state index contributed by atoms with van der Waals surface area (Å²) in [7, 11) is 0. The highest BCUT2D eigenvalue weighted by Crippen LogP contribution is 2.51. The van der Waals surface area contributed by atoms with Crippen LogP contribution in [0, 0.1) is 5.92 Å². The van der Waals surface area contributed by atoms with Crippen molar-refractivity contribution in [3.63, 3.8) is 0 Å². The van der Waals surface area contributed by atoms with Crippen LogP contribution >= 0.6 is 11.5 Å². The van der Waals surface area contributed by atoms with Gasteiger partial charge in [-0.2, -0.15) is 22.5 Å². The number of rotatable bonds is 4. The number of amides is 1. The first-order valence-corrected chi connectivity index (χ1v) is 9.07. The van der Waals surface area contributed by atoms with Crippen molar-refractivity contribution in [2.24, 2.45) is 5.92 Å². The van der Waals surface area contributed by atoms with Gasteiger partial charge < -0.3 is 5.32 Å². The van der Waals surface area contributed by atoms with Crippen LogP contribution in [-0.2, 0) is 11.0 Å². The third kappa shape index (κ3) is 3.71. The zero-order chi connectivity index (χ0) is 19.0. The Morgan fingerprint density at radius 3 is 2.52 bits per heavy atom. The quantitative estimate of drug-likeness (QED) is 0.686. The van der Waals surface area contributed by atoms with Gasteiger partial charge in [-0.1, -0.05) is 48.5 Å². The van der Waals surface area contributed by atoms with E-state index in [1.807, 2.05) is 30.3 Å². The van der Waals surface area contributed by atoms with Crippen LogP contribution in [0.15, 0.2) is 54.6 Å². The first kappa shape index (κ1) is 17.7. The summed E-state index contributed by atoms with van der Waals surface area (Å²) in [5.41, 5.74) is 0.331. The monoisotopic (exact) mass is 389 g/mol. The Hall–Kier alpha value is -2.74. The Morgan fingerprint density at radius 2 is 1.78 bits per heavy atom. The summed E-state index contributed by atoms with van der Waals surface area (Å²) in [5, 5.41) is 3.02. The second-order valence-electron chi connectivity index (χ2n) is 6.31. The van der Waals surface area contributed by atoms with E-state index in [0.717, 1.165) is 23.2 Å². The van der Waals surface area contributed by atoms with E-state index in [0.29, 0.717) is 17.4 Å². The summed E-state index contributed by atoms with van der Waals surface area (Å²) in [6, 6.07) is 14.7. The second kappa shape index (κ2) is 6.77. The van der Waals surface area contributed by atoms with Crippen LogP contribution in [0.1, 0.15) is 23.5 Å². The number of hydrogen-bond donors (Lipinski definition) is 1. The van der Waals surface area contributed by atoms with Crippen molar-refractivity contribution in [2.75, 3.05) is 5.32 Å². The largest absolute Gasteiger partial charge is 0.416 e. The van der Waals surface area contributed by atoms with Gasteiger partial charge in [-0.05, 0) is 24.0 Å². The summed E-state index contributed by atoms with van der Waals surface area (Å²) >= 11 is 1.05. The van der Waals surface area contributed by atoms with Gasteiger partial charge in [-0.15, -0.1) is 0 Å². The maximum Gasteiger partial charge on any atom is 0.416 e. The molecular formula is C19H14F3N3OS. The SMILES string of the molecule is O=C(Nc1nc(-c2ccccc2)ns1)[C@H]1C[C@H]1c1ccccc1C(F)(F)F. The fourth-order valence-corrected chi connectivity index (χ4v) is 3.68. The Kier molecular flexibility index (Phi) is 4.43. The maximum atomic E-state index is 13.2. The second-order valence-corrected chi connectivity index (χ2v) is 7.06. The van der Waals surface area contributed by atoms with E-state index in [1.54, 1.807) is 6.07 Å². The van der Waals surface area contributed by atoms with E-state index >= 15 is 0 Å². The van der Waals surface area contributed by atoms with Gasteiger partial charge in [0.25, 0.3) is 0 Å². The smallest absolute Gasteiger partial charge is 0.300 e. The van der Waals surface area contributed by atoms with Crippen LogP contribution in [0.4, 0.5) is 18.3 Å². The molecule has 138 valence electrons. The molecule has 3 aromatic rings. The molecule has 1 fully saturated rings. The first-order valence-electron chi connectivity index (χ1n) is 8.29. The molecule has 0 spiro atoms. The standard InChI is InChI=1S/C19H14F3N3OS/c20-19(21,22)15-9-5-4-8-12(15)13-10-14(13)17(26)24-18-23-16(25-27-18)11-6-2-1-3-7-11/h1-9,13-14H,10H2,(H,23,24,25,26)/t13-,14-/m0/s1. The van der Waals surface area contributed by atoms with Gasteiger partial charge in [-0.25, -0.2) is 0 Å². The van der Waals surface area contributed by atoms with Crippen molar-refractivity contribution >= 4 is 22.6 Å². The summed E-state index contributed by atoms with van der Waals surface area (Å²) in [4.78, 5) is 16.7. The summed E-state index contributed by atoms with van der Waals surface area (Å²) in [5.74, 6) is -0.736. The molecule has 1 aromatic heterocycles. The van der Waals surface area contributed by atoms with Crippen molar-refractivity contribution in [3.05, 3.63) is 65.7 Å². The number of anilines is 1. The normalized spacial score (nSPS) is 18.9. The lowest BCUT2D eigenvalue weighted by atomic mass is 10.0. The Bertz CT molecular complexity index is 972. The molecule has 0 saturated heterocycles. The van der Waals surface area contributed by atoms with E-state index in [-0.39, 0.29) is 11.5 Å². The molecule has 1 heterocycles. The molecule has 1 aliphatic rings. The van der Waals surface area contributed by atoms with Gasteiger partial charge in [0.05, 0.1) is 5.56 Å². The molecule has 0 bridgehead atoms. The number of hydrogen-bond acceptors (Lipinski definition) is 4. The lowest BCUT2D eigenvalue weighted by Gasteiger charge is -2.12. The van der Waals surface area contributed by atoms with Crippen molar-refractivity contribution in [1.29, 1.82) is 0 Å². The fraction of sp³-hybridized carbons (Fsp3) is 0.211. The molecule has 1 N–H and O–H groups in total. The molecule has 2 atom stereocenters. The van der Waals surface area contributed by atoms with Crippen LogP contribution in [0.5, 0.6) is 0 Å². The highest BCUT2D eigenvalue weighted by atomic mass is 32.1. The summed E-state index contributed by atoms with van der Waals surface area (Å²) in [6.07, 6.45) is -4.03. The zero-order valence-corrected chi connectivity index (χ0v) is 14.7. The lowest BCUT2D eigenvalue weighted by molar-refractivity contribution is -0.138. The van der Waals surface area contributed by atoms with Gasteiger partial charge in [0.1, 0.15) is 0 Å². The van der Waals surface area contributed by atoms with E-state index < -0.39 is 23.6 Å². The zero-order valence-electron chi connectivity index (χ0n) is 13.9. The molecular weight excluding hydrogens is 375 g/mol.